The number of rotatable bonds is 5. The van der Waals surface area contributed by atoms with Gasteiger partial charge in [0.2, 0.25) is 0 Å². The first-order valence-electron chi connectivity index (χ1n) is 5.95. The van der Waals surface area contributed by atoms with E-state index in [0.29, 0.717) is 0 Å². The molecule has 0 aliphatic carbocycles. The predicted octanol–water partition coefficient (Wildman–Crippen LogP) is 5.05. The Morgan fingerprint density at radius 2 is 2.05 bits per heavy atom. The van der Waals surface area contributed by atoms with Gasteiger partial charge in [0.1, 0.15) is 5.82 Å². The molecule has 2 aromatic rings. The van der Waals surface area contributed by atoms with Crippen molar-refractivity contribution in [1.29, 1.82) is 0 Å². The predicted molar refractivity (Wildman–Crippen MR) is 86.3 cm³/mol. The zero-order valence-electron chi connectivity index (χ0n) is 10.5. The molecule has 0 atom stereocenters. The minimum Gasteiger partial charge on any atom is -0.312 e. The number of thiophene rings is 1. The zero-order chi connectivity index (χ0) is 13.8. The molecule has 0 amide bonds. The molecule has 102 valence electrons. The molecule has 0 radical (unpaired) electrons. The van der Waals surface area contributed by atoms with E-state index >= 15 is 0 Å². The van der Waals surface area contributed by atoms with Crippen molar-refractivity contribution in [3.05, 3.63) is 54.3 Å². The second-order valence-electron chi connectivity index (χ2n) is 4.33. The Labute approximate surface area is 133 Å². The molecule has 0 aliphatic rings. The van der Waals surface area contributed by atoms with Gasteiger partial charge < -0.3 is 5.32 Å². The third-order valence-electron chi connectivity index (χ3n) is 2.87. The maximum atomic E-state index is 13.0. The van der Waals surface area contributed by atoms with Gasteiger partial charge in [0.15, 0.2) is 0 Å². The van der Waals surface area contributed by atoms with E-state index in [2.05, 4.69) is 43.2 Å². The van der Waals surface area contributed by atoms with Crippen LogP contribution in [0, 0.1) is 12.7 Å². The molecule has 0 saturated carbocycles. The molecule has 0 unspecified atom stereocenters. The molecule has 5 heteroatoms. The average molecular weight is 407 g/mol. The molecule has 0 saturated heterocycles. The van der Waals surface area contributed by atoms with Gasteiger partial charge in [-0.05, 0) is 81.1 Å². The van der Waals surface area contributed by atoms with Crippen LogP contribution >= 0.6 is 43.2 Å². The van der Waals surface area contributed by atoms with E-state index in [9.17, 15) is 4.39 Å². The summed E-state index contributed by atoms with van der Waals surface area (Å²) in [6.07, 6.45) is 0.916. The van der Waals surface area contributed by atoms with Crippen molar-refractivity contribution < 1.29 is 4.39 Å². The third-order valence-corrected chi connectivity index (χ3v) is 6.13. The topological polar surface area (TPSA) is 12.0 Å². The van der Waals surface area contributed by atoms with Crippen molar-refractivity contribution in [1.82, 2.24) is 5.32 Å². The summed E-state index contributed by atoms with van der Waals surface area (Å²) in [4.78, 5) is 1.29. The zero-order valence-corrected chi connectivity index (χ0v) is 14.5. The highest BCUT2D eigenvalue weighted by atomic mass is 79.9. The largest absolute Gasteiger partial charge is 0.312 e. The number of hydrogen-bond acceptors (Lipinski definition) is 2. The maximum Gasteiger partial charge on any atom is 0.123 e. The van der Waals surface area contributed by atoms with Crippen LogP contribution in [0.3, 0.4) is 0 Å². The van der Waals surface area contributed by atoms with Gasteiger partial charge in [0.05, 0.1) is 3.79 Å². The van der Waals surface area contributed by atoms with Crippen molar-refractivity contribution in [2.24, 2.45) is 0 Å². The van der Waals surface area contributed by atoms with Crippen LogP contribution < -0.4 is 5.32 Å². The van der Waals surface area contributed by atoms with Crippen LogP contribution in [0.5, 0.6) is 0 Å². The van der Waals surface area contributed by atoms with Crippen molar-refractivity contribution in [3.63, 3.8) is 0 Å². The van der Waals surface area contributed by atoms with E-state index < -0.39 is 0 Å². The summed E-state index contributed by atoms with van der Waals surface area (Å²) >= 11 is 8.69. The number of nitrogens with one attached hydrogen (secondary N) is 1. The number of benzene rings is 1. The Morgan fingerprint density at radius 3 is 2.68 bits per heavy atom. The average Bonchev–Trinajstić information content (AvgIpc) is 2.66. The standard InChI is InChI=1S/C14H14Br2FNS/c1-9-6-11(17)3-2-10(9)4-5-18-8-12-7-13(15)14(16)19-12/h2-3,6-7,18H,4-5,8H2,1H3. The molecule has 0 fully saturated rings. The molecule has 1 aromatic carbocycles. The van der Waals surface area contributed by atoms with Crippen molar-refractivity contribution >= 4 is 43.2 Å². The van der Waals surface area contributed by atoms with Crippen molar-refractivity contribution in [2.75, 3.05) is 6.54 Å². The van der Waals surface area contributed by atoms with Gasteiger partial charge in [-0.25, -0.2) is 4.39 Å². The third kappa shape index (κ3) is 4.38. The van der Waals surface area contributed by atoms with Gasteiger partial charge >= 0.3 is 0 Å². The molecule has 19 heavy (non-hydrogen) atoms. The Kier molecular flexibility index (Phi) is 5.57. The van der Waals surface area contributed by atoms with E-state index in [-0.39, 0.29) is 5.82 Å². The monoisotopic (exact) mass is 405 g/mol. The molecule has 0 spiro atoms. The molecule has 0 bridgehead atoms. The Balaban J connectivity index is 1.80. The summed E-state index contributed by atoms with van der Waals surface area (Å²) in [5, 5.41) is 3.41. The van der Waals surface area contributed by atoms with Gasteiger partial charge in [0, 0.05) is 15.9 Å². The first-order chi connectivity index (χ1) is 9.06. The van der Waals surface area contributed by atoms with E-state index in [1.165, 1.54) is 16.5 Å². The second kappa shape index (κ2) is 6.97. The second-order valence-corrected chi connectivity index (χ2v) is 7.64. The van der Waals surface area contributed by atoms with E-state index in [4.69, 9.17) is 0 Å². The van der Waals surface area contributed by atoms with Crippen LogP contribution in [0.15, 0.2) is 32.5 Å². The summed E-state index contributed by atoms with van der Waals surface area (Å²) in [7, 11) is 0. The van der Waals surface area contributed by atoms with Crippen LogP contribution in [0.2, 0.25) is 0 Å². The molecule has 1 nitrogen and oxygen atoms in total. The van der Waals surface area contributed by atoms with Crippen LogP contribution in [-0.4, -0.2) is 6.54 Å². The Bertz CT molecular complexity index is 549. The highest BCUT2D eigenvalue weighted by Gasteiger charge is 2.04. The van der Waals surface area contributed by atoms with Crippen molar-refractivity contribution in [2.45, 2.75) is 19.9 Å². The van der Waals surface area contributed by atoms with Crippen LogP contribution in [0.1, 0.15) is 16.0 Å². The maximum absolute atomic E-state index is 13.0. The Morgan fingerprint density at radius 1 is 1.26 bits per heavy atom. The van der Waals surface area contributed by atoms with Gasteiger partial charge in [0.25, 0.3) is 0 Å². The van der Waals surface area contributed by atoms with Gasteiger partial charge in [-0.15, -0.1) is 11.3 Å². The fraction of sp³-hybridized carbons (Fsp3) is 0.286. The summed E-state index contributed by atoms with van der Waals surface area (Å²) in [6, 6.07) is 7.09. The molecule has 2 rings (SSSR count). The summed E-state index contributed by atoms with van der Waals surface area (Å²) in [5.74, 6) is -0.164. The lowest BCUT2D eigenvalue weighted by Gasteiger charge is -2.06. The molecule has 1 aromatic heterocycles. The van der Waals surface area contributed by atoms with Gasteiger partial charge in [-0.3, -0.25) is 0 Å². The number of aryl methyl sites for hydroxylation is 1. The fourth-order valence-electron chi connectivity index (χ4n) is 1.85. The highest BCUT2D eigenvalue weighted by Crippen LogP contribution is 2.32. The van der Waals surface area contributed by atoms with E-state index in [1.807, 2.05) is 13.0 Å². The SMILES string of the molecule is Cc1cc(F)ccc1CCNCc1cc(Br)c(Br)s1. The van der Waals surface area contributed by atoms with Crippen LogP contribution in [0.4, 0.5) is 4.39 Å². The summed E-state index contributed by atoms with van der Waals surface area (Å²) in [5.41, 5.74) is 2.21. The number of halogens is 3. The van der Waals surface area contributed by atoms with Gasteiger partial charge in [-0.1, -0.05) is 6.07 Å². The lowest BCUT2D eigenvalue weighted by Crippen LogP contribution is -2.16. The minimum absolute atomic E-state index is 0.164. The van der Waals surface area contributed by atoms with E-state index in [0.717, 1.165) is 33.3 Å². The molecular formula is C14H14Br2FNS. The summed E-state index contributed by atoms with van der Waals surface area (Å²) in [6.45, 7) is 3.70. The normalized spacial score (nSPS) is 10.9. The van der Waals surface area contributed by atoms with Gasteiger partial charge in [-0.2, -0.15) is 0 Å². The van der Waals surface area contributed by atoms with Crippen LogP contribution in [-0.2, 0) is 13.0 Å². The highest BCUT2D eigenvalue weighted by molar-refractivity contribution is 9.13. The van der Waals surface area contributed by atoms with Crippen LogP contribution in [0.25, 0.3) is 0 Å². The first kappa shape index (κ1) is 15.2. The quantitative estimate of drug-likeness (QED) is 0.684. The summed E-state index contributed by atoms with van der Waals surface area (Å²) < 4.78 is 15.2. The fourth-order valence-corrected chi connectivity index (χ4v) is 4.00. The lowest BCUT2D eigenvalue weighted by atomic mass is 10.1. The molecule has 0 aliphatic heterocycles. The molecule has 1 N–H and O–H groups in total. The lowest BCUT2D eigenvalue weighted by molar-refractivity contribution is 0.624. The van der Waals surface area contributed by atoms with Crippen molar-refractivity contribution in [3.8, 4) is 0 Å². The Hall–Kier alpha value is -0.230. The molecule has 1 heterocycles. The minimum atomic E-state index is -0.164. The first-order valence-corrected chi connectivity index (χ1v) is 8.36. The number of hydrogen-bond donors (Lipinski definition) is 1. The molecular weight excluding hydrogens is 393 g/mol. The van der Waals surface area contributed by atoms with E-state index in [1.54, 1.807) is 17.4 Å². The smallest absolute Gasteiger partial charge is 0.123 e.